The Morgan fingerprint density at radius 3 is 2.09 bits per heavy atom. The number of ether oxygens (including phenoxy) is 1. The fraction of sp³-hybridized carbons (Fsp3) is 0.440. The molecule has 184 valence electrons. The maximum Gasteiger partial charge on any atom is 0.243 e. The van der Waals surface area contributed by atoms with Gasteiger partial charge in [-0.3, -0.25) is 9.59 Å². The van der Waals surface area contributed by atoms with Gasteiger partial charge < -0.3 is 15.4 Å². The molecular formula is C25H33N3O5S. The van der Waals surface area contributed by atoms with Crippen LogP contribution in [0.15, 0.2) is 53.4 Å². The number of hydrogen-bond acceptors (Lipinski definition) is 5. The molecule has 2 aromatic rings. The highest BCUT2D eigenvalue weighted by Crippen LogP contribution is 2.21. The molecule has 0 bridgehead atoms. The first-order valence-electron chi connectivity index (χ1n) is 11.6. The van der Waals surface area contributed by atoms with E-state index in [1.165, 1.54) is 0 Å². The summed E-state index contributed by atoms with van der Waals surface area (Å²) in [6.07, 6.45) is 4.60. The summed E-state index contributed by atoms with van der Waals surface area (Å²) in [5.41, 5.74) is 1.80. The highest BCUT2D eigenvalue weighted by atomic mass is 32.2. The SMILES string of the molecule is COc1ccc(CNC(=O)CNC(=O)CCc2ccc(S(=O)(=O)N3CCCCCC3)cc2)cc1. The Bertz CT molecular complexity index is 1040. The van der Waals surface area contributed by atoms with Crippen LogP contribution in [0.4, 0.5) is 0 Å². The van der Waals surface area contributed by atoms with Crippen molar-refractivity contribution in [1.29, 1.82) is 0 Å². The predicted molar refractivity (Wildman–Crippen MR) is 130 cm³/mol. The van der Waals surface area contributed by atoms with Crippen molar-refractivity contribution in [2.24, 2.45) is 0 Å². The molecule has 8 nitrogen and oxygen atoms in total. The van der Waals surface area contributed by atoms with Gasteiger partial charge in [-0.05, 0) is 54.7 Å². The Labute approximate surface area is 201 Å². The third-order valence-corrected chi connectivity index (χ3v) is 7.77. The second-order valence-electron chi connectivity index (χ2n) is 8.36. The number of aryl methyl sites for hydroxylation is 1. The van der Waals surface area contributed by atoms with Gasteiger partial charge in [0.25, 0.3) is 0 Å². The van der Waals surface area contributed by atoms with Crippen LogP contribution >= 0.6 is 0 Å². The zero-order valence-corrected chi connectivity index (χ0v) is 20.4. The van der Waals surface area contributed by atoms with Gasteiger partial charge in [0.2, 0.25) is 21.8 Å². The van der Waals surface area contributed by atoms with Crippen molar-refractivity contribution >= 4 is 21.8 Å². The molecule has 0 saturated carbocycles. The molecule has 1 heterocycles. The lowest BCUT2D eigenvalue weighted by Gasteiger charge is -2.20. The Balaban J connectivity index is 1.39. The lowest BCUT2D eigenvalue weighted by molar-refractivity contribution is -0.126. The van der Waals surface area contributed by atoms with Crippen LogP contribution < -0.4 is 15.4 Å². The minimum atomic E-state index is -3.48. The van der Waals surface area contributed by atoms with Gasteiger partial charge in [-0.25, -0.2) is 8.42 Å². The molecule has 0 unspecified atom stereocenters. The molecule has 0 atom stereocenters. The number of sulfonamides is 1. The van der Waals surface area contributed by atoms with Crippen molar-refractivity contribution in [2.45, 2.75) is 50.0 Å². The molecule has 34 heavy (non-hydrogen) atoms. The van der Waals surface area contributed by atoms with Gasteiger partial charge in [-0.15, -0.1) is 0 Å². The number of amides is 2. The number of methoxy groups -OCH3 is 1. The van der Waals surface area contributed by atoms with Crippen molar-refractivity contribution in [3.63, 3.8) is 0 Å². The quantitative estimate of drug-likeness (QED) is 0.536. The van der Waals surface area contributed by atoms with E-state index in [4.69, 9.17) is 4.74 Å². The minimum absolute atomic E-state index is 0.0952. The van der Waals surface area contributed by atoms with Crippen LogP contribution in [0.2, 0.25) is 0 Å². The van der Waals surface area contributed by atoms with Crippen molar-refractivity contribution in [1.82, 2.24) is 14.9 Å². The number of nitrogens with zero attached hydrogens (tertiary/aromatic N) is 1. The maximum atomic E-state index is 12.9. The third kappa shape index (κ3) is 7.56. The van der Waals surface area contributed by atoms with E-state index in [-0.39, 0.29) is 29.7 Å². The molecule has 0 aromatic heterocycles. The van der Waals surface area contributed by atoms with E-state index >= 15 is 0 Å². The van der Waals surface area contributed by atoms with Crippen LogP contribution in [-0.4, -0.2) is 51.3 Å². The Morgan fingerprint density at radius 1 is 0.853 bits per heavy atom. The highest BCUT2D eigenvalue weighted by Gasteiger charge is 2.24. The van der Waals surface area contributed by atoms with Crippen molar-refractivity contribution in [3.8, 4) is 5.75 Å². The summed E-state index contributed by atoms with van der Waals surface area (Å²) in [5, 5.41) is 5.38. The molecule has 2 amide bonds. The summed E-state index contributed by atoms with van der Waals surface area (Å²) < 4.78 is 32.4. The summed E-state index contributed by atoms with van der Waals surface area (Å²) in [5.74, 6) is 0.240. The topological polar surface area (TPSA) is 105 Å². The molecule has 0 spiro atoms. The first kappa shape index (κ1) is 25.7. The van der Waals surface area contributed by atoms with Gasteiger partial charge in [-0.2, -0.15) is 4.31 Å². The fourth-order valence-electron chi connectivity index (χ4n) is 3.79. The minimum Gasteiger partial charge on any atom is -0.497 e. The van der Waals surface area contributed by atoms with Crippen LogP contribution in [0.1, 0.15) is 43.2 Å². The second kappa shape index (κ2) is 12.5. The van der Waals surface area contributed by atoms with Gasteiger partial charge in [0.1, 0.15) is 5.75 Å². The highest BCUT2D eigenvalue weighted by molar-refractivity contribution is 7.89. The van der Waals surface area contributed by atoms with Crippen LogP contribution in [0.3, 0.4) is 0 Å². The van der Waals surface area contributed by atoms with Crippen LogP contribution in [-0.2, 0) is 32.6 Å². The predicted octanol–water partition coefficient (Wildman–Crippen LogP) is 2.63. The second-order valence-corrected chi connectivity index (χ2v) is 10.3. The third-order valence-electron chi connectivity index (χ3n) is 5.86. The molecule has 0 radical (unpaired) electrons. The normalized spacial score (nSPS) is 14.7. The lowest BCUT2D eigenvalue weighted by atomic mass is 10.1. The van der Waals surface area contributed by atoms with E-state index in [9.17, 15) is 18.0 Å². The van der Waals surface area contributed by atoms with Crippen molar-refractivity contribution in [2.75, 3.05) is 26.7 Å². The summed E-state index contributed by atoms with van der Waals surface area (Å²) in [7, 11) is -1.88. The van der Waals surface area contributed by atoms with Gasteiger partial charge in [0.15, 0.2) is 0 Å². The fourth-order valence-corrected chi connectivity index (χ4v) is 5.31. The molecule has 1 aliphatic rings. The first-order chi connectivity index (χ1) is 16.4. The van der Waals surface area contributed by atoms with E-state index in [1.807, 2.05) is 24.3 Å². The standard InChI is InChI=1S/C25H33N3O5S/c1-33-22-11-6-21(7-12-22)18-26-25(30)19-27-24(29)15-10-20-8-13-23(14-9-20)34(31,32)28-16-4-2-3-5-17-28/h6-9,11-14H,2-5,10,15-19H2,1H3,(H,26,30)(H,27,29). The number of carbonyl (C=O) groups is 2. The zero-order chi connectivity index (χ0) is 24.4. The van der Waals surface area contributed by atoms with Gasteiger partial charge in [-0.1, -0.05) is 37.1 Å². The van der Waals surface area contributed by atoms with E-state index in [0.29, 0.717) is 26.1 Å². The molecule has 3 rings (SSSR count). The molecule has 9 heteroatoms. The molecular weight excluding hydrogens is 454 g/mol. The average molecular weight is 488 g/mol. The summed E-state index contributed by atoms with van der Waals surface area (Å²) in [6.45, 7) is 1.41. The van der Waals surface area contributed by atoms with E-state index < -0.39 is 10.0 Å². The molecule has 2 N–H and O–H groups in total. The lowest BCUT2D eigenvalue weighted by Crippen LogP contribution is -2.36. The largest absolute Gasteiger partial charge is 0.497 e. The van der Waals surface area contributed by atoms with E-state index in [2.05, 4.69) is 10.6 Å². The molecule has 1 fully saturated rings. The Kier molecular flexibility index (Phi) is 9.47. The van der Waals surface area contributed by atoms with Gasteiger partial charge >= 0.3 is 0 Å². The van der Waals surface area contributed by atoms with Gasteiger partial charge in [0, 0.05) is 26.1 Å². The van der Waals surface area contributed by atoms with Crippen LogP contribution in [0.25, 0.3) is 0 Å². The summed E-state index contributed by atoms with van der Waals surface area (Å²) in [6, 6.07) is 14.1. The number of benzene rings is 2. The van der Waals surface area contributed by atoms with Crippen LogP contribution in [0.5, 0.6) is 5.75 Å². The van der Waals surface area contributed by atoms with Gasteiger partial charge in [0.05, 0.1) is 18.6 Å². The smallest absolute Gasteiger partial charge is 0.243 e. The molecule has 1 saturated heterocycles. The molecule has 2 aromatic carbocycles. The van der Waals surface area contributed by atoms with E-state index in [1.54, 1.807) is 35.7 Å². The van der Waals surface area contributed by atoms with Crippen molar-refractivity contribution in [3.05, 3.63) is 59.7 Å². The number of hydrogen-bond donors (Lipinski definition) is 2. The number of nitrogens with one attached hydrogen (secondary N) is 2. The van der Waals surface area contributed by atoms with Crippen LogP contribution in [0, 0.1) is 0 Å². The average Bonchev–Trinajstić information content (AvgIpc) is 3.16. The summed E-state index contributed by atoms with van der Waals surface area (Å²) in [4.78, 5) is 24.4. The Hall–Kier alpha value is -2.91. The number of rotatable bonds is 10. The molecule has 1 aliphatic heterocycles. The zero-order valence-electron chi connectivity index (χ0n) is 19.6. The summed E-state index contributed by atoms with van der Waals surface area (Å²) >= 11 is 0. The first-order valence-corrected chi connectivity index (χ1v) is 13.1. The molecule has 0 aliphatic carbocycles. The Morgan fingerprint density at radius 2 is 1.47 bits per heavy atom. The number of carbonyl (C=O) groups excluding carboxylic acids is 2. The van der Waals surface area contributed by atoms with Crippen molar-refractivity contribution < 1.29 is 22.7 Å². The monoisotopic (exact) mass is 487 g/mol. The maximum absolute atomic E-state index is 12.9. The van der Waals surface area contributed by atoms with E-state index in [0.717, 1.165) is 42.6 Å².